The molecule has 1 atom stereocenters. The SMILES string of the molecule is C[C@H](CO[Si](C)(C)C(C)(C)C)Nc1nc2nc(C#N)nc(-c3cccc(Cl)c3)c2n1C[C@H]1CC[C@H](C)CC1. The Kier molecular flexibility index (Phi) is 8.51. The summed E-state index contributed by atoms with van der Waals surface area (Å²) in [7, 11) is -1.88. The van der Waals surface area contributed by atoms with Crippen LogP contribution in [0.15, 0.2) is 24.3 Å². The van der Waals surface area contributed by atoms with E-state index in [9.17, 15) is 5.26 Å². The molecule has 0 unspecified atom stereocenters. The number of hydrogen-bond donors (Lipinski definition) is 1. The highest BCUT2D eigenvalue weighted by molar-refractivity contribution is 6.74. The highest BCUT2D eigenvalue weighted by Crippen LogP contribution is 2.37. The minimum absolute atomic E-state index is 0.0454. The highest BCUT2D eigenvalue weighted by atomic mass is 35.5. The van der Waals surface area contributed by atoms with Gasteiger partial charge in [-0.25, -0.2) is 4.98 Å². The maximum atomic E-state index is 9.68. The Morgan fingerprint density at radius 3 is 2.53 bits per heavy atom. The van der Waals surface area contributed by atoms with Crippen molar-refractivity contribution in [3.63, 3.8) is 0 Å². The number of benzene rings is 1. The van der Waals surface area contributed by atoms with Gasteiger partial charge >= 0.3 is 0 Å². The number of nitriles is 1. The van der Waals surface area contributed by atoms with Crippen molar-refractivity contribution in [3.8, 4) is 17.3 Å². The minimum atomic E-state index is -1.88. The van der Waals surface area contributed by atoms with Crippen molar-refractivity contribution in [1.29, 1.82) is 5.26 Å². The zero-order valence-corrected chi connectivity index (χ0v) is 25.6. The Morgan fingerprint density at radius 1 is 1.18 bits per heavy atom. The molecule has 0 aliphatic heterocycles. The molecule has 2 aromatic heterocycles. The van der Waals surface area contributed by atoms with E-state index >= 15 is 0 Å². The lowest BCUT2D eigenvalue weighted by atomic mass is 9.83. The summed E-state index contributed by atoms with van der Waals surface area (Å²) in [5, 5.41) is 14.1. The molecule has 204 valence electrons. The molecule has 1 fully saturated rings. The summed E-state index contributed by atoms with van der Waals surface area (Å²) < 4.78 is 8.73. The van der Waals surface area contributed by atoms with Crippen LogP contribution in [-0.4, -0.2) is 40.5 Å². The fraction of sp³-hybridized carbons (Fsp3) is 0.586. The number of fused-ring (bicyclic) bond motifs is 1. The minimum Gasteiger partial charge on any atom is -0.415 e. The van der Waals surface area contributed by atoms with E-state index in [1.807, 2.05) is 24.3 Å². The standard InChI is InChI=1S/C29H41ClN6OSi/c1-19-11-13-21(14-12-19)17-36-26-25(22-9-8-10-23(30)15-22)33-24(16-31)34-27(26)35-28(36)32-20(2)18-37-38(6,7)29(3,4)5/h8-10,15,19-21H,11-14,17-18H2,1-7H3,(H,32,33,34,35)/t19-,20-,21-/m1/s1. The van der Waals surface area contributed by atoms with E-state index in [1.165, 1.54) is 25.7 Å². The molecule has 9 heteroatoms. The van der Waals surface area contributed by atoms with Gasteiger partial charge < -0.3 is 14.3 Å². The van der Waals surface area contributed by atoms with E-state index in [4.69, 9.17) is 21.0 Å². The van der Waals surface area contributed by atoms with Crippen molar-refractivity contribution < 1.29 is 4.43 Å². The van der Waals surface area contributed by atoms with E-state index < -0.39 is 8.32 Å². The number of aromatic nitrogens is 4. The van der Waals surface area contributed by atoms with Crippen molar-refractivity contribution in [1.82, 2.24) is 19.5 Å². The van der Waals surface area contributed by atoms with Gasteiger partial charge in [0.25, 0.3) is 0 Å². The van der Waals surface area contributed by atoms with E-state index in [2.05, 4.69) is 73.6 Å². The second-order valence-electron chi connectivity index (χ2n) is 12.5. The highest BCUT2D eigenvalue weighted by Gasteiger charge is 2.37. The van der Waals surface area contributed by atoms with Gasteiger partial charge in [0, 0.05) is 23.2 Å². The summed E-state index contributed by atoms with van der Waals surface area (Å²) in [6, 6.07) is 9.75. The van der Waals surface area contributed by atoms with Crippen LogP contribution in [0.5, 0.6) is 0 Å². The van der Waals surface area contributed by atoms with E-state index in [0.29, 0.717) is 28.9 Å². The summed E-state index contributed by atoms with van der Waals surface area (Å²) in [5.74, 6) is 2.17. The van der Waals surface area contributed by atoms with Crippen molar-refractivity contribution in [2.75, 3.05) is 11.9 Å². The third-order valence-corrected chi connectivity index (χ3v) is 13.0. The summed E-state index contributed by atoms with van der Waals surface area (Å²) in [4.78, 5) is 14.1. The number of halogens is 1. The number of imidazole rings is 1. The second-order valence-corrected chi connectivity index (χ2v) is 17.7. The van der Waals surface area contributed by atoms with Gasteiger partial charge in [0.2, 0.25) is 11.8 Å². The van der Waals surface area contributed by atoms with Crippen LogP contribution in [0.2, 0.25) is 23.2 Å². The van der Waals surface area contributed by atoms with Crippen LogP contribution in [0.25, 0.3) is 22.4 Å². The fourth-order valence-corrected chi connectivity index (χ4v) is 6.08. The van der Waals surface area contributed by atoms with Crippen molar-refractivity contribution in [3.05, 3.63) is 35.1 Å². The number of nitrogens with one attached hydrogen (secondary N) is 1. The average molecular weight is 553 g/mol. The van der Waals surface area contributed by atoms with Gasteiger partial charge in [-0.3, -0.25) is 0 Å². The van der Waals surface area contributed by atoms with Crippen molar-refractivity contribution in [2.24, 2.45) is 11.8 Å². The van der Waals surface area contributed by atoms with Crippen molar-refractivity contribution in [2.45, 2.75) is 91.0 Å². The van der Waals surface area contributed by atoms with Gasteiger partial charge in [-0.15, -0.1) is 0 Å². The lowest BCUT2D eigenvalue weighted by Gasteiger charge is -2.37. The molecule has 1 aromatic carbocycles. The number of hydrogen-bond acceptors (Lipinski definition) is 6. The molecule has 1 saturated carbocycles. The summed E-state index contributed by atoms with van der Waals surface area (Å²) in [5.41, 5.74) is 2.89. The first kappa shape index (κ1) is 28.5. The van der Waals surface area contributed by atoms with Gasteiger partial charge in [0.15, 0.2) is 14.0 Å². The summed E-state index contributed by atoms with van der Waals surface area (Å²) in [6.07, 6.45) is 4.86. The quantitative estimate of drug-likeness (QED) is 0.288. The van der Waals surface area contributed by atoms with Gasteiger partial charge in [0.1, 0.15) is 17.3 Å². The Bertz CT molecular complexity index is 1320. The molecule has 7 nitrogen and oxygen atoms in total. The van der Waals surface area contributed by atoms with Crippen LogP contribution in [-0.2, 0) is 11.0 Å². The molecule has 0 spiro atoms. The molecule has 0 bridgehead atoms. The lowest BCUT2D eigenvalue weighted by molar-refractivity contribution is 0.265. The predicted octanol–water partition coefficient (Wildman–Crippen LogP) is 7.67. The molecule has 38 heavy (non-hydrogen) atoms. The van der Waals surface area contributed by atoms with Crippen LogP contribution in [0.3, 0.4) is 0 Å². The molecule has 3 aromatic rings. The average Bonchev–Trinajstić information content (AvgIpc) is 3.19. The summed E-state index contributed by atoms with van der Waals surface area (Å²) in [6.45, 7) is 17.2. The third-order valence-electron chi connectivity index (χ3n) is 8.25. The molecule has 1 aliphatic rings. The van der Waals surface area contributed by atoms with Crippen LogP contribution >= 0.6 is 11.6 Å². The number of anilines is 1. The second kappa shape index (κ2) is 11.3. The molecule has 0 radical (unpaired) electrons. The predicted molar refractivity (Wildman–Crippen MR) is 158 cm³/mol. The third kappa shape index (κ3) is 6.39. The molecular formula is C29H41ClN6OSi. The van der Waals surface area contributed by atoms with E-state index in [-0.39, 0.29) is 16.9 Å². The molecule has 4 rings (SSSR count). The Morgan fingerprint density at radius 2 is 1.89 bits per heavy atom. The van der Waals surface area contributed by atoms with Crippen molar-refractivity contribution >= 4 is 37.0 Å². The monoisotopic (exact) mass is 552 g/mol. The molecular weight excluding hydrogens is 512 g/mol. The molecule has 0 amide bonds. The first-order valence-electron chi connectivity index (χ1n) is 13.7. The van der Waals surface area contributed by atoms with Gasteiger partial charge in [0.05, 0.1) is 6.61 Å². The Balaban J connectivity index is 1.75. The number of nitrogens with zero attached hydrogens (tertiary/aromatic N) is 5. The zero-order valence-electron chi connectivity index (χ0n) is 23.8. The topological polar surface area (TPSA) is 88.7 Å². The molecule has 1 aliphatic carbocycles. The first-order chi connectivity index (χ1) is 17.9. The Hall–Kier alpha value is -2.47. The number of rotatable bonds is 8. The lowest BCUT2D eigenvalue weighted by Crippen LogP contribution is -2.43. The summed E-state index contributed by atoms with van der Waals surface area (Å²) >= 11 is 6.35. The molecule has 1 N–H and O–H groups in total. The normalized spacial score (nSPS) is 19.3. The molecule has 2 heterocycles. The van der Waals surface area contributed by atoms with E-state index in [0.717, 1.165) is 29.5 Å². The van der Waals surface area contributed by atoms with Crippen LogP contribution in [0, 0.1) is 23.2 Å². The Labute approximate surface area is 233 Å². The van der Waals surface area contributed by atoms with E-state index in [1.54, 1.807) is 0 Å². The first-order valence-corrected chi connectivity index (χ1v) is 17.0. The maximum absolute atomic E-state index is 9.68. The maximum Gasteiger partial charge on any atom is 0.234 e. The zero-order chi connectivity index (χ0) is 27.7. The molecule has 0 saturated heterocycles. The largest absolute Gasteiger partial charge is 0.415 e. The van der Waals surface area contributed by atoms with Gasteiger partial charge in [-0.05, 0) is 61.9 Å². The smallest absolute Gasteiger partial charge is 0.234 e. The van der Waals surface area contributed by atoms with Gasteiger partial charge in [-0.1, -0.05) is 64.3 Å². The van der Waals surface area contributed by atoms with Crippen LogP contribution in [0.4, 0.5) is 5.95 Å². The van der Waals surface area contributed by atoms with Gasteiger partial charge in [-0.2, -0.15) is 15.2 Å². The fourth-order valence-electron chi connectivity index (χ4n) is 4.79. The van der Waals surface area contributed by atoms with Crippen LogP contribution in [0.1, 0.15) is 66.1 Å². The van der Waals surface area contributed by atoms with Crippen LogP contribution < -0.4 is 5.32 Å².